The van der Waals surface area contributed by atoms with E-state index in [1.54, 1.807) is 0 Å². The first-order chi connectivity index (χ1) is 9.84. The largest absolute Gasteiger partial charge is 0.456 e. The molecule has 0 aromatic rings. The molecule has 21 heavy (non-hydrogen) atoms. The Balaban J connectivity index is 4.14. The number of aliphatic hydroxyl groups is 4. The lowest BCUT2D eigenvalue weighted by atomic mass is 10.1. The summed E-state index contributed by atoms with van der Waals surface area (Å²) >= 11 is 0. The second kappa shape index (κ2) is 10.6. The lowest BCUT2D eigenvalue weighted by Crippen LogP contribution is -2.45. The van der Waals surface area contributed by atoms with E-state index >= 15 is 0 Å². The zero-order chi connectivity index (χ0) is 16.4. The fraction of sp³-hybridized carbons (Fsp3) is 0.833. The molecule has 0 aliphatic rings. The number of hydrogen-bond acceptors (Lipinski definition) is 9. The molecule has 8 N–H and O–H groups in total. The maximum Gasteiger partial charge on any atom is 0.323 e. The third-order valence-electron chi connectivity index (χ3n) is 2.86. The Morgan fingerprint density at radius 1 is 1.14 bits per heavy atom. The van der Waals surface area contributed by atoms with E-state index in [-0.39, 0.29) is 0 Å². The van der Waals surface area contributed by atoms with Gasteiger partial charge in [0.1, 0.15) is 24.4 Å². The fourth-order valence-electron chi connectivity index (χ4n) is 1.47. The molecule has 0 saturated heterocycles. The molecule has 124 valence electrons. The lowest BCUT2D eigenvalue weighted by Gasteiger charge is -2.20. The molecule has 0 amide bonds. The van der Waals surface area contributed by atoms with Gasteiger partial charge in [-0.1, -0.05) is 6.42 Å². The number of carbonyl (C=O) groups is 2. The smallest absolute Gasteiger partial charge is 0.323 e. The average molecular weight is 308 g/mol. The number of carbonyl (C=O) groups excluding carboxylic acids is 2. The highest BCUT2D eigenvalue weighted by molar-refractivity contribution is 5.87. The molecule has 9 nitrogen and oxygen atoms in total. The second-order valence-corrected chi connectivity index (χ2v) is 4.65. The van der Waals surface area contributed by atoms with Gasteiger partial charge in [-0.25, -0.2) is 0 Å². The van der Waals surface area contributed by atoms with Crippen molar-refractivity contribution in [3.63, 3.8) is 0 Å². The van der Waals surface area contributed by atoms with Crippen LogP contribution in [0.1, 0.15) is 19.3 Å². The Labute approximate surface area is 122 Å². The summed E-state index contributed by atoms with van der Waals surface area (Å²) in [6.07, 6.45) is -3.78. The van der Waals surface area contributed by atoms with E-state index in [2.05, 4.69) is 4.74 Å². The highest BCUT2D eigenvalue weighted by Crippen LogP contribution is 2.04. The lowest BCUT2D eigenvalue weighted by molar-refractivity contribution is -0.156. The number of hydrogen-bond donors (Lipinski definition) is 6. The molecule has 0 unspecified atom stereocenters. The molecular weight excluding hydrogens is 284 g/mol. The zero-order valence-electron chi connectivity index (χ0n) is 11.7. The molecule has 0 saturated carbocycles. The van der Waals surface area contributed by atoms with E-state index < -0.39 is 49.3 Å². The summed E-state index contributed by atoms with van der Waals surface area (Å²) in [5.41, 5.74) is 10.8. The molecule has 0 spiro atoms. The van der Waals surface area contributed by atoms with Gasteiger partial charge in [0.25, 0.3) is 0 Å². The van der Waals surface area contributed by atoms with Crippen LogP contribution in [0.5, 0.6) is 0 Å². The number of ether oxygens (including phenoxy) is 1. The quantitative estimate of drug-likeness (QED) is 0.168. The van der Waals surface area contributed by atoms with Crippen molar-refractivity contribution in [2.75, 3.05) is 19.8 Å². The molecule has 0 heterocycles. The Kier molecular flexibility index (Phi) is 10.0. The summed E-state index contributed by atoms with van der Waals surface area (Å²) in [5.74, 6) is -1.80. The van der Waals surface area contributed by atoms with Crippen LogP contribution in [0.15, 0.2) is 0 Å². The summed E-state index contributed by atoms with van der Waals surface area (Å²) in [6, 6.07) is -0.894. The van der Waals surface area contributed by atoms with Crippen LogP contribution in [0.2, 0.25) is 0 Å². The summed E-state index contributed by atoms with van der Waals surface area (Å²) in [7, 11) is 0. The number of unbranched alkanes of at least 4 members (excludes halogenated alkanes) is 1. The predicted octanol–water partition coefficient (Wildman–Crippen LogP) is -3.37. The monoisotopic (exact) mass is 308 g/mol. The van der Waals surface area contributed by atoms with Crippen LogP contribution in [-0.4, -0.2) is 76.3 Å². The topological polar surface area (TPSA) is 176 Å². The molecule has 0 radical (unpaired) electrons. The van der Waals surface area contributed by atoms with Crippen LogP contribution in [0.25, 0.3) is 0 Å². The SMILES string of the molecule is NCCCC[C@H](N)C(=O)OCC(=O)[C@H](O)[C@H](O)[C@H](O)CO. The standard InChI is InChI=1S/C12H24N2O7/c13-4-2-1-3-7(14)12(20)21-6-9(17)11(19)10(18)8(16)5-15/h7-8,10-11,15-16,18-19H,1-6,13-14H2/t7-,8+,10+,11-/m0/s1. The maximum absolute atomic E-state index is 11.5. The summed E-state index contributed by atoms with van der Waals surface area (Å²) in [5, 5.41) is 36.4. The Bertz CT molecular complexity index is 327. The minimum atomic E-state index is -1.96. The van der Waals surface area contributed by atoms with Gasteiger partial charge >= 0.3 is 5.97 Å². The minimum Gasteiger partial charge on any atom is -0.456 e. The van der Waals surface area contributed by atoms with Gasteiger partial charge in [0.15, 0.2) is 6.61 Å². The molecule has 9 heteroatoms. The van der Waals surface area contributed by atoms with Crippen LogP contribution in [0.4, 0.5) is 0 Å². The Morgan fingerprint density at radius 2 is 1.76 bits per heavy atom. The van der Waals surface area contributed by atoms with Gasteiger partial charge in [0, 0.05) is 0 Å². The third-order valence-corrected chi connectivity index (χ3v) is 2.86. The van der Waals surface area contributed by atoms with Crippen molar-refractivity contribution < 1.29 is 34.8 Å². The third kappa shape index (κ3) is 7.46. The highest BCUT2D eigenvalue weighted by atomic mass is 16.5. The summed E-state index contributed by atoms with van der Waals surface area (Å²) in [6.45, 7) is -1.12. The average Bonchev–Trinajstić information content (AvgIpc) is 2.49. The van der Waals surface area contributed by atoms with Gasteiger partial charge in [0.05, 0.1) is 6.61 Å². The minimum absolute atomic E-state index is 0.360. The van der Waals surface area contributed by atoms with Crippen molar-refractivity contribution in [3.05, 3.63) is 0 Å². The number of esters is 1. The second-order valence-electron chi connectivity index (χ2n) is 4.65. The van der Waals surface area contributed by atoms with Crippen LogP contribution in [-0.2, 0) is 14.3 Å². The van der Waals surface area contributed by atoms with Crippen molar-refractivity contribution in [2.24, 2.45) is 11.5 Å². The number of aliphatic hydroxyl groups excluding tert-OH is 4. The molecule has 0 bridgehead atoms. The van der Waals surface area contributed by atoms with E-state index in [9.17, 15) is 19.8 Å². The Hall–Kier alpha value is -1.10. The van der Waals surface area contributed by atoms with Crippen molar-refractivity contribution >= 4 is 11.8 Å². The molecule has 0 aliphatic carbocycles. The molecule has 0 fully saturated rings. The molecule has 0 aromatic carbocycles. The van der Waals surface area contributed by atoms with Crippen LogP contribution in [0.3, 0.4) is 0 Å². The first-order valence-corrected chi connectivity index (χ1v) is 6.65. The van der Waals surface area contributed by atoms with Crippen LogP contribution < -0.4 is 11.5 Å². The number of rotatable bonds is 11. The molecule has 4 atom stereocenters. The van der Waals surface area contributed by atoms with Gasteiger partial charge in [-0.3, -0.25) is 9.59 Å². The maximum atomic E-state index is 11.5. The van der Waals surface area contributed by atoms with Crippen LogP contribution >= 0.6 is 0 Å². The van der Waals surface area contributed by atoms with Crippen molar-refractivity contribution in [2.45, 2.75) is 43.6 Å². The molecular formula is C12H24N2O7. The van der Waals surface area contributed by atoms with Crippen molar-refractivity contribution in [1.29, 1.82) is 0 Å². The summed E-state index contributed by atoms with van der Waals surface area (Å²) < 4.78 is 4.62. The van der Waals surface area contributed by atoms with Gasteiger partial charge in [-0.2, -0.15) is 0 Å². The molecule has 0 aliphatic heterocycles. The summed E-state index contributed by atoms with van der Waals surface area (Å²) in [4.78, 5) is 22.9. The van der Waals surface area contributed by atoms with Crippen molar-refractivity contribution in [1.82, 2.24) is 0 Å². The molecule has 0 aromatic heterocycles. The fourth-order valence-corrected chi connectivity index (χ4v) is 1.47. The predicted molar refractivity (Wildman–Crippen MR) is 72.0 cm³/mol. The normalized spacial score (nSPS) is 16.9. The zero-order valence-corrected chi connectivity index (χ0v) is 11.7. The van der Waals surface area contributed by atoms with E-state index in [0.29, 0.717) is 25.8 Å². The van der Waals surface area contributed by atoms with Crippen molar-refractivity contribution in [3.8, 4) is 0 Å². The number of ketones is 1. The van der Waals surface area contributed by atoms with Gasteiger partial charge in [-0.15, -0.1) is 0 Å². The highest BCUT2D eigenvalue weighted by Gasteiger charge is 2.30. The van der Waals surface area contributed by atoms with Gasteiger partial charge in [0.2, 0.25) is 5.78 Å². The van der Waals surface area contributed by atoms with E-state index in [1.807, 2.05) is 0 Å². The van der Waals surface area contributed by atoms with Gasteiger partial charge in [-0.05, 0) is 19.4 Å². The first kappa shape index (κ1) is 19.9. The first-order valence-electron chi connectivity index (χ1n) is 6.65. The Morgan fingerprint density at radius 3 is 2.29 bits per heavy atom. The van der Waals surface area contributed by atoms with Gasteiger partial charge < -0.3 is 36.6 Å². The molecule has 0 rings (SSSR count). The van der Waals surface area contributed by atoms with E-state index in [4.69, 9.17) is 21.7 Å². The number of Topliss-reactive ketones (excluding diaryl/α,β-unsaturated/α-hetero) is 1. The van der Waals surface area contributed by atoms with E-state index in [1.165, 1.54) is 0 Å². The van der Waals surface area contributed by atoms with Crippen LogP contribution in [0, 0.1) is 0 Å². The van der Waals surface area contributed by atoms with E-state index in [0.717, 1.165) is 0 Å². The number of nitrogens with two attached hydrogens (primary N) is 2.